The Labute approximate surface area is 225 Å². The highest BCUT2D eigenvalue weighted by molar-refractivity contribution is 14.1. The van der Waals surface area contributed by atoms with Gasteiger partial charge in [0, 0.05) is 22.3 Å². The van der Waals surface area contributed by atoms with Crippen LogP contribution in [0.25, 0.3) is 6.08 Å². The van der Waals surface area contributed by atoms with Crippen LogP contribution in [0.3, 0.4) is 0 Å². The Kier molecular flexibility index (Phi) is 8.81. The molecule has 0 saturated carbocycles. The summed E-state index contributed by atoms with van der Waals surface area (Å²) in [6.07, 6.45) is 1.52. The molecule has 0 bridgehead atoms. The number of hydrogen-bond acceptors (Lipinski definition) is 5. The highest BCUT2D eigenvalue weighted by Crippen LogP contribution is 2.31. The summed E-state index contributed by atoms with van der Waals surface area (Å²) in [5, 5.41) is 23.2. The fourth-order valence-corrected chi connectivity index (χ4v) is 5.32. The van der Waals surface area contributed by atoms with Crippen molar-refractivity contribution in [2.24, 2.45) is 0 Å². The number of nitro benzene ring substituents is 1. The lowest BCUT2D eigenvalue weighted by molar-refractivity contribution is -0.384. The third-order valence-electron chi connectivity index (χ3n) is 4.28. The number of nitriles is 1. The lowest BCUT2D eigenvalue weighted by Gasteiger charge is -2.12. The SMILES string of the molecule is N#C/C(=C/c1cc(I)c(OCc2cccc([N+](=O)[O-])c2)c(I)c1)C(=O)Nc1cccc(Br)c1. The lowest BCUT2D eigenvalue weighted by atomic mass is 10.1. The molecule has 0 fully saturated rings. The second-order valence-corrected chi connectivity index (χ2v) is 9.90. The molecule has 0 aliphatic heterocycles. The fourth-order valence-electron chi connectivity index (χ4n) is 2.80. The molecule has 0 aliphatic carbocycles. The van der Waals surface area contributed by atoms with E-state index in [-0.39, 0.29) is 17.9 Å². The molecule has 0 aliphatic rings. The average Bonchev–Trinajstić information content (AvgIpc) is 2.77. The number of nitrogens with zero attached hydrogens (tertiary/aromatic N) is 2. The molecule has 0 radical (unpaired) electrons. The van der Waals surface area contributed by atoms with Crippen LogP contribution in [0.15, 0.2) is 70.7 Å². The number of nitrogens with one attached hydrogen (secondary N) is 1. The number of ether oxygens (including phenoxy) is 1. The maximum absolute atomic E-state index is 12.5. The monoisotopic (exact) mass is 729 g/mol. The van der Waals surface area contributed by atoms with E-state index < -0.39 is 10.8 Å². The first-order valence-corrected chi connectivity index (χ1v) is 12.3. The Balaban J connectivity index is 1.77. The quantitative estimate of drug-likeness (QED) is 0.0960. The van der Waals surface area contributed by atoms with Gasteiger partial charge in [-0.05, 0) is 92.7 Å². The summed E-state index contributed by atoms with van der Waals surface area (Å²) in [4.78, 5) is 23.0. The van der Waals surface area contributed by atoms with Gasteiger partial charge >= 0.3 is 0 Å². The van der Waals surface area contributed by atoms with Crippen molar-refractivity contribution in [3.63, 3.8) is 0 Å². The van der Waals surface area contributed by atoms with E-state index in [4.69, 9.17) is 4.74 Å². The van der Waals surface area contributed by atoms with E-state index in [0.29, 0.717) is 22.6 Å². The molecule has 1 amide bonds. The van der Waals surface area contributed by atoms with E-state index in [9.17, 15) is 20.2 Å². The van der Waals surface area contributed by atoms with E-state index in [2.05, 4.69) is 66.4 Å². The van der Waals surface area contributed by atoms with E-state index in [1.54, 1.807) is 42.5 Å². The molecule has 33 heavy (non-hydrogen) atoms. The highest BCUT2D eigenvalue weighted by Gasteiger charge is 2.14. The van der Waals surface area contributed by atoms with Gasteiger partial charge in [0.05, 0.1) is 12.1 Å². The van der Waals surface area contributed by atoms with Gasteiger partial charge in [0.15, 0.2) is 0 Å². The van der Waals surface area contributed by atoms with Gasteiger partial charge in [0.25, 0.3) is 11.6 Å². The van der Waals surface area contributed by atoms with Crippen LogP contribution >= 0.6 is 61.1 Å². The minimum absolute atomic E-state index is 0.00569. The first kappa shape index (κ1) is 25.1. The summed E-state index contributed by atoms with van der Waals surface area (Å²) in [5.41, 5.74) is 1.89. The smallest absolute Gasteiger partial charge is 0.269 e. The predicted octanol–water partition coefficient (Wildman–Crippen LogP) is 6.69. The van der Waals surface area contributed by atoms with Crippen molar-refractivity contribution in [2.45, 2.75) is 6.61 Å². The molecular weight excluding hydrogens is 716 g/mol. The van der Waals surface area contributed by atoms with Crippen molar-refractivity contribution in [2.75, 3.05) is 5.32 Å². The van der Waals surface area contributed by atoms with Crippen LogP contribution in [-0.2, 0) is 11.4 Å². The van der Waals surface area contributed by atoms with E-state index in [1.165, 1.54) is 18.2 Å². The molecule has 3 rings (SSSR count). The average molecular weight is 730 g/mol. The zero-order chi connectivity index (χ0) is 24.0. The first-order valence-electron chi connectivity index (χ1n) is 9.30. The molecule has 0 unspecified atom stereocenters. The summed E-state index contributed by atoms with van der Waals surface area (Å²) in [6.45, 7) is 0.168. The van der Waals surface area contributed by atoms with Gasteiger partial charge in [-0.25, -0.2) is 0 Å². The number of rotatable bonds is 7. The predicted molar refractivity (Wildman–Crippen MR) is 146 cm³/mol. The summed E-state index contributed by atoms with van der Waals surface area (Å²) in [5.74, 6) is 0.114. The Morgan fingerprint density at radius 2 is 1.85 bits per heavy atom. The molecular formula is C23H14BrI2N3O4. The number of halogens is 3. The molecule has 0 spiro atoms. The second-order valence-electron chi connectivity index (χ2n) is 6.66. The summed E-state index contributed by atoms with van der Waals surface area (Å²) >= 11 is 7.57. The molecule has 166 valence electrons. The van der Waals surface area contributed by atoms with Crippen molar-refractivity contribution in [1.29, 1.82) is 5.26 Å². The molecule has 10 heteroatoms. The van der Waals surface area contributed by atoms with E-state index >= 15 is 0 Å². The van der Waals surface area contributed by atoms with Gasteiger partial charge in [0.2, 0.25) is 0 Å². The Morgan fingerprint density at radius 3 is 2.48 bits per heavy atom. The molecule has 1 N–H and O–H groups in total. The normalized spacial score (nSPS) is 10.9. The van der Waals surface area contributed by atoms with E-state index in [1.807, 2.05) is 12.1 Å². The number of carbonyl (C=O) groups excluding carboxylic acids is 1. The van der Waals surface area contributed by atoms with E-state index in [0.717, 1.165) is 11.6 Å². The minimum atomic E-state index is -0.508. The Bertz CT molecular complexity index is 1280. The van der Waals surface area contributed by atoms with Crippen LogP contribution in [0.4, 0.5) is 11.4 Å². The topological polar surface area (TPSA) is 105 Å². The molecule has 0 saturated heterocycles. The number of hydrogen-bond donors (Lipinski definition) is 1. The zero-order valence-corrected chi connectivity index (χ0v) is 22.6. The Morgan fingerprint density at radius 1 is 1.15 bits per heavy atom. The van der Waals surface area contributed by atoms with Crippen molar-refractivity contribution < 1.29 is 14.5 Å². The number of non-ortho nitro benzene ring substituents is 1. The summed E-state index contributed by atoms with van der Waals surface area (Å²) < 4.78 is 8.28. The molecule has 3 aromatic carbocycles. The zero-order valence-electron chi connectivity index (χ0n) is 16.7. The van der Waals surface area contributed by atoms with Gasteiger partial charge in [-0.1, -0.05) is 34.1 Å². The van der Waals surface area contributed by atoms with Crippen LogP contribution in [-0.4, -0.2) is 10.8 Å². The molecule has 0 aromatic heterocycles. The number of benzene rings is 3. The van der Waals surface area contributed by atoms with Crippen LogP contribution < -0.4 is 10.1 Å². The summed E-state index contributed by atoms with van der Waals surface area (Å²) in [7, 11) is 0. The van der Waals surface area contributed by atoms with Gasteiger partial charge in [-0.15, -0.1) is 0 Å². The highest BCUT2D eigenvalue weighted by atomic mass is 127. The number of anilines is 1. The number of carbonyl (C=O) groups is 1. The van der Waals surface area contributed by atoms with Crippen molar-refractivity contribution in [3.05, 3.63) is 99.1 Å². The van der Waals surface area contributed by atoms with Gasteiger partial charge in [-0.2, -0.15) is 5.26 Å². The second kappa shape index (κ2) is 11.6. The van der Waals surface area contributed by atoms with Gasteiger partial charge < -0.3 is 10.1 Å². The molecule has 3 aromatic rings. The van der Waals surface area contributed by atoms with Gasteiger partial charge in [0.1, 0.15) is 24.0 Å². The maximum Gasteiger partial charge on any atom is 0.269 e. The molecule has 0 heterocycles. The largest absolute Gasteiger partial charge is 0.487 e. The minimum Gasteiger partial charge on any atom is -0.487 e. The third kappa shape index (κ3) is 6.99. The summed E-state index contributed by atoms with van der Waals surface area (Å²) in [6, 6.07) is 18.9. The first-order chi connectivity index (χ1) is 15.8. The maximum atomic E-state index is 12.5. The number of nitro groups is 1. The number of amides is 1. The van der Waals surface area contributed by atoms with Crippen LogP contribution in [0, 0.1) is 28.6 Å². The molecule has 7 nitrogen and oxygen atoms in total. The molecule has 0 atom stereocenters. The Hall–Kier alpha value is -2.50. The third-order valence-corrected chi connectivity index (χ3v) is 6.38. The fraction of sp³-hybridized carbons (Fsp3) is 0.0435. The van der Waals surface area contributed by atoms with Crippen LogP contribution in [0.5, 0.6) is 5.75 Å². The van der Waals surface area contributed by atoms with Crippen molar-refractivity contribution >= 4 is 84.5 Å². The lowest BCUT2D eigenvalue weighted by Crippen LogP contribution is -2.13. The van der Waals surface area contributed by atoms with Crippen molar-refractivity contribution in [1.82, 2.24) is 0 Å². The standard InChI is InChI=1S/C23H14BrI2N3O4/c24-17-4-2-5-18(11-17)28-23(30)16(12-27)7-15-9-20(25)22(21(26)10-15)33-13-14-3-1-6-19(8-14)29(31)32/h1-11H,13H2,(H,28,30)/b16-7-. The van der Waals surface area contributed by atoms with Gasteiger partial charge in [-0.3, -0.25) is 14.9 Å². The van der Waals surface area contributed by atoms with Crippen molar-refractivity contribution in [3.8, 4) is 11.8 Å². The van der Waals surface area contributed by atoms with Crippen LogP contribution in [0.2, 0.25) is 0 Å². The van der Waals surface area contributed by atoms with Crippen LogP contribution in [0.1, 0.15) is 11.1 Å².